The molecule has 10 heteroatoms. The number of benzene rings is 2. The zero-order valence-corrected chi connectivity index (χ0v) is 18.6. The summed E-state index contributed by atoms with van der Waals surface area (Å²) in [4.78, 5) is 24.6. The van der Waals surface area contributed by atoms with Crippen LogP contribution in [0.5, 0.6) is 11.5 Å². The Balaban J connectivity index is 1.73. The van der Waals surface area contributed by atoms with E-state index in [0.717, 1.165) is 43.7 Å². The molecular formula is C24H21F3N4O3. The minimum absolute atomic E-state index is 0.0980. The van der Waals surface area contributed by atoms with Crippen molar-refractivity contribution in [3.05, 3.63) is 98.1 Å². The zero-order valence-electron chi connectivity index (χ0n) is 18.6. The van der Waals surface area contributed by atoms with Gasteiger partial charge in [-0.15, -0.1) is 0 Å². The number of rotatable bonds is 5. The van der Waals surface area contributed by atoms with Gasteiger partial charge in [0.15, 0.2) is 5.82 Å². The number of nitrogens with zero attached hydrogens (tertiary/aromatic N) is 3. The summed E-state index contributed by atoms with van der Waals surface area (Å²) >= 11 is 0. The molecule has 0 aliphatic heterocycles. The number of hydrogen-bond donors (Lipinski definition) is 1. The standard InChI is InChI=1S/C24H21F3N4O3/c1-14-4-6-16(7-5-14)18-9-8-17(12-15(18)2)34-21-19(24(25,26)27)10-11-31(22(21)32)13-20-28-29-23(33)30(20)3/h4-12H,13H2,1-3H3,(H,29,33). The van der Waals surface area contributed by atoms with Gasteiger partial charge in [0.1, 0.15) is 11.3 Å². The third-order valence-corrected chi connectivity index (χ3v) is 5.49. The van der Waals surface area contributed by atoms with E-state index >= 15 is 0 Å². The number of aromatic nitrogens is 4. The van der Waals surface area contributed by atoms with Crippen LogP contribution in [0.2, 0.25) is 0 Å². The minimum atomic E-state index is -4.80. The SMILES string of the molecule is Cc1ccc(-c2ccc(Oc3c(C(F)(F)F)ccn(Cc4n[nH]c(=O)n4C)c3=O)cc2C)cc1. The molecule has 1 N–H and O–H groups in total. The van der Waals surface area contributed by atoms with Gasteiger partial charge >= 0.3 is 11.9 Å². The smallest absolute Gasteiger partial charge is 0.420 e. The molecule has 2 aromatic heterocycles. The Morgan fingerprint density at radius 2 is 1.74 bits per heavy atom. The van der Waals surface area contributed by atoms with Crippen LogP contribution in [-0.4, -0.2) is 19.3 Å². The molecule has 2 heterocycles. The number of aryl methyl sites for hydroxylation is 2. The van der Waals surface area contributed by atoms with Crippen LogP contribution >= 0.6 is 0 Å². The number of alkyl halides is 3. The molecule has 0 atom stereocenters. The fraction of sp³-hybridized carbons (Fsp3) is 0.208. The third-order valence-electron chi connectivity index (χ3n) is 5.49. The minimum Gasteiger partial charge on any atom is -0.451 e. The lowest BCUT2D eigenvalue weighted by molar-refractivity contribution is -0.138. The molecule has 0 aliphatic carbocycles. The van der Waals surface area contributed by atoms with Crippen LogP contribution in [0.1, 0.15) is 22.5 Å². The van der Waals surface area contributed by atoms with Crippen molar-refractivity contribution in [2.45, 2.75) is 26.6 Å². The molecule has 2 aromatic carbocycles. The summed E-state index contributed by atoms with van der Waals surface area (Å²) in [5, 5.41) is 6.02. The maximum Gasteiger partial charge on any atom is 0.420 e. The molecule has 4 rings (SSSR count). The molecule has 0 aliphatic rings. The summed E-state index contributed by atoms with van der Waals surface area (Å²) in [5.74, 6) is -0.574. The van der Waals surface area contributed by atoms with Crippen molar-refractivity contribution in [1.29, 1.82) is 0 Å². The highest BCUT2D eigenvalue weighted by molar-refractivity contribution is 5.68. The van der Waals surface area contributed by atoms with Crippen molar-refractivity contribution in [2.24, 2.45) is 7.05 Å². The maximum atomic E-state index is 13.7. The third kappa shape index (κ3) is 4.52. The molecule has 0 saturated heterocycles. The van der Waals surface area contributed by atoms with E-state index in [2.05, 4.69) is 10.2 Å². The molecule has 7 nitrogen and oxygen atoms in total. The number of H-pyrrole nitrogens is 1. The van der Waals surface area contributed by atoms with Gasteiger partial charge in [-0.1, -0.05) is 35.9 Å². The molecule has 0 radical (unpaired) electrons. The fourth-order valence-corrected chi connectivity index (χ4v) is 3.55. The molecule has 0 amide bonds. The van der Waals surface area contributed by atoms with Crippen molar-refractivity contribution in [2.75, 3.05) is 0 Å². The van der Waals surface area contributed by atoms with Gasteiger partial charge in [0.05, 0.1) is 6.54 Å². The van der Waals surface area contributed by atoms with Crippen molar-refractivity contribution in [3.63, 3.8) is 0 Å². The molecule has 0 fully saturated rings. The van der Waals surface area contributed by atoms with Gasteiger partial charge in [-0.3, -0.25) is 9.36 Å². The molecule has 0 unspecified atom stereocenters. The Morgan fingerprint density at radius 1 is 1.03 bits per heavy atom. The summed E-state index contributed by atoms with van der Waals surface area (Å²) in [5.41, 5.74) is 1.05. The number of hydrogen-bond acceptors (Lipinski definition) is 4. The van der Waals surface area contributed by atoms with Crippen LogP contribution in [0.25, 0.3) is 11.1 Å². The highest BCUT2D eigenvalue weighted by Gasteiger charge is 2.36. The van der Waals surface area contributed by atoms with Crippen LogP contribution in [0, 0.1) is 13.8 Å². The number of halogens is 3. The first kappa shape index (κ1) is 23.1. The summed E-state index contributed by atoms with van der Waals surface area (Å²) < 4.78 is 48.7. The molecule has 0 spiro atoms. The Labute approximate surface area is 192 Å². The van der Waals surface area contributed by atoms with Gasteiger partial charge < -0.3 is 9.30 Å². The number of ether oxygens (including phenoxy) is 1. The number of pyridine rings is 1. The first-order valence-electron chi connectivity index (χ1n) is 10.3. The molecule has 176 valence electrons. The van der Waals surface area contributed by atoms with Crippen molar-refractivity contribution in [3.8, 4) is 22.6 Å². The lowest BCUT2D eigenvalue weighted by atomic mass is 9.99. The molecule has 0 saturated carbocycles. The van der Waals surface area contributed by atoms with Gasteiger partial charge in [-0.2, -0.15) is 18.3 Å². The quantitative estimate of drug-likeness (QED) is 0.468. The largest absolute Gasteiger partial charge is 0.451 e. The average molecular weight is 470 g/mol. The first-order chi connectivity index (χ1) is 16.0. The average Bonchev–Trinajstić information content (AvgIpc) is 3.09. The van der Waals surface area contributed by atoms with Crippen LogP contribution in [0.3, 0.4) is 0 Å². The summed E-state index contributed by atoms with van der Waals surface area (Å²) in [6.45, 7) is 3.58. The Kier molecular flexibility index (Phi) is 5.90. The van der Waals surface area contributed by atoms with E-state index in [1.165, 1.54) is 13.1 Å². The van der Waals surface area contributed by atoms with Crippen LogP contribution in [-0.2, 0) is 19.8 Å². The Bertz CT molecular complexity index is 1460. The normalized spacial score (nSPS) is 11.6. The second kappa shape index (κ2) is 8.69. The van der Waals surface area contributed by atoms with Gasteiger partial charge in [-0.25, -0.2) is 9.89 Å². The first-order valence-corrected chi connectivity index (χ1v) is 10.3. The zero-order chi connectivity index (χ0) is 24.6. The van der Waals surface area contributed by atoms with Crippen LogP contribution in [0.4, 0.5) is 13.2 Å². The summed E-state index contributed by atoms with van der Waals surface area (Å²) in [6, 6.07) is 13.5. The van der Waals surface area contributed by atoms with Gasteiger partial charge in [0.2, 0.25) is 5.75 Å². The molecule has 4 aromatic rings. The second-order valence-electron chi connectivity index (χ2n) is 7.94. The van der Waals surface area contributed by atoms with Gasteiger partial charge in [0.25, 0.3) is 5.56 Å². The van der Waals surface area contributed by atoms with Gasteiger partial charge in [0, 0.05) is 13.2 Å². The monoisotopic (exact) mass is 470 g/mol. The fourth-order valence-electron chi connectivity index (χ4n) is 3.55. The van der Waals surface area contributed by atoms with E-state index in [1.54, 1.807) is 12.1 Å². The predicted molar refractivity (Wildman–Crippen MR) is 120 cm³/mol. The van der Waals surface area contributed by atoms with E-state index in [0.29, 0.717) is 0 Å². The van der Waals surface area contributed by atoms with E-state index in [9.17, 15) is 22.8 Å². The van der Waals surface area contributed by atoms with E-state index in [4.69, 9.17) is 4.74 Å². The predicted octanol–water partition coefficient (Wildman–Crippen LogP) is 4.41. The van der Waals surface area contributed by atoms with Crippen LogP contribution in [0.15, 0.2) is 64.3 Å². The lowest BCUT2D eigenvalue weighted by Crippen LogP contribution is -2.26. The number of nitrogens with one attached hydrogen (secondary N) is 1. The highest BCUT2D eigenvalue weighted by Crippen LogP contribution is 2.37. The van der Waals surface area contributed by atoms with Crippen molar-refractivity contribution < 1.29 is 17.9 Å². The second-order valence-corrected chi connectivity index (χ2v) is 7.94. The van der Waals surface area contributed by atoms with Crippen LogP contribution < -0.4 is 16.0 Å². The molecule has 0 bridgehead atoms. The van der Waals surface area contributed by atoms with E-state index in [-0.39, 0.29) is 18.1 Å². The Hall–Kier alpha value is -4.08. The number of aromatic amines is 1. The summed E-state index contributed by atoms with van der Waals surface area (Å²) in [6.07, 6.45) is -3.80. The van der Waals surface area contributed by atoms with Crippen molar-refractivity contribution >= 4 is 0 Å². The highest BCUT2D eigenvalue weighted by atomic mass is 19.4. The van der Waals surface area contributed by atoms with Gasteiger partial charge in [-0.05, 0) is 48.7 Å². The Morgan fingerprint density at radius 3 is 2.32 bits per heavy atom. The van der Waals surface area contributed by atoms with E-state index < -0.39 is 28.7 Å². The summed E-state index contributed by atoms with van der Waals surface area (Å²) in [7, 11) is 1.44. The van der Waals surface area contributed by atoms with Crippen molar-refractivity contribution in [1.82, 2.24) is 19.3 Å². The maximum absolute atomic E-state index is 13.7. The molecule has 34 heavy (non-hydrogen) atoms. The van der Waals surface area contributed by atoms with E-state index in [1.807, 2.05) is 38.1 Å². The topological polar surface area (TPSA) is 81.9 Å². The lowest BCUT2D eigenvalue weighted by Gasteiger charge is -2.16. The molecular weight excluding hydrogens is 449 g/mol.